The van der Waals surface area contributed by atoms with Crippen LogP contribution in [0, 0.1) is 0 Å². The lowest BCUT2D eigenvalue weighted by atomic mass is 9.90. The van der Waals surface area contributed by atoms with Gasteiger partial charge in [0.25, 0.3) is 0 Å². The molecule has 3 rings (SSSR count). The summed E-state index contributed by atoms with van der Waals surface area (Å²) in [4.78, 5) is 24.3. The van der Waals surface area contributed by atoms with Crippen LogP contribution < -0.4 is 5.76 Å². The van der Waals surface area contributed by atoms with Crippen molar-refractivity contribution < 1.29 is 9.21 Å². The Bertz CT molecular complexity index is 748. The molecule has 0 atom stereocenters. The second kappa shape index (κ2) is 5.63. The first-order chi connectivity index (χ1) is 10.3. The van der Waals surface area contributed by atoms with Gasteiger partial charge in [-0.25, -0.2) is 9.36 Å². The van der Waals surface area contributed by atoms with E-state index in [-0.39, 0.29) is 5.91 Å². The van der Waals surface area contributed by atoms with E-state index in [4.69, 9.17) is 4.42 Å². The molecule has 0 aliphatic rings. The molecule has 0 bridgehead atoms. The number of carbonyl (C=O) groups excluding carboxylic acids is 1. The molecule has 0 saturated heterocycles. The average Bonchev–Trinajstić information content (AvgIpc) is 2.96. The van der Waals surface area contributed by atoms with Gasteiger partial charge in [-0.05, 0) is 11.1 Å². The fourth-order valence-corrected chi connectivity index (χ4v) is 2.34. The van der Waals surface area contributed by atoms with Gasteiger partial charge in [-0.1, -0.05) is 60.7 Å². The molecule has 21 heavy (non-hydrogen) atoms. The number of nitrogens with zero attached hydrogens (tertiary/aromatic N) is 1. The van der Waals surface area contributed by atoms with E-state index in [1.165, 1.54) is 12.5 Å². The van der Waals surface area contributed by atoms with Gasteiger partial charge in [0, 0.05) is 0 Å². The molecule has 0 N–H and O–H groups in total. The highest BCUT2D eigenvalue weighted by molar-refractivity contribution is 5.89. The van der Waals surface area contributed by atoms with E-state index in [0.29, 0.717) is 0 Å². The predicted molar refractivity (Wildman–Crippen MR) is 78.3 cm³/mol. The van der Waals surface area contributed by atoms with E-state index in [9.17, 15) is 9.59 Å². The third-order valence-corrected chi connectivity index (χ3v) is 3.33. The SMILES string of the molecule is O=C(C(c1ccccc1)c1ccccc1)n1ccoc1=O. The van der Waals surface area contributed by atoms with Crippen molar-refractivity contribution in [1.82, 2.24) is 4.57 Å². The lowest BCUT2D eigenvalue weighted by molar-refractivity contribution is 0.0884. The van der Waals surface area contributed by atoms with E-state index < -0.39 is 11.7 Å². The van der Waals surface area contributed by atoms with Crippen LogP contribution in [0.4, 0.5) is 0 Å². The van der Waals surface area contributed by atoms with Gasteiger partial charge in [-0.3, -0.25) is 4.79 Å². The van der Waals surface area contributed by atoms with Crippen LogP contribution in [0.15, 0.2) is 82.3 Å². The van der Waals surface area contributed by atoms with Gasteiger partial charge < -0.3 is 4.42 Å². The molecule has 4 nitrogen and oxygen atoms in total. The van der Waals surface area contributed by atoms with E-state index in [1.807, 2.05) is 60.7 Å². The Labute approximate surface area is 121 Å². The Hall–Kier alpha value is -2.88. The molecule has 104 valence electrons. The third-order valence-electron chi connectivity index (χ3n) is 3.33. The van der Waals surface area contributed by atoms with Crippen LogP contribution in [0.1, 0.15) is 21.8 Å². The lowest BCUT2D eigenvalue weighted by Crippen LogP contribution is -2.28. The molecule has 0 unspecified atom stereocenters. The molecule has 0 amide bonds. The zero-order valence-electron chi connectivity index (χ0n) is 11.2. The number of hydrogen-bond acceptors (Lipinski definition) is 3. The summed E-state index contributed by atoms with van der Waals surface area (Å²) in [6.07, 6.45) is 2.57. The molecule has 2 aromatic carbocycles. The second-order valence-electron chi connectivity index (χ2n) is 4.63. The first-order valence-corrected chi connectivity index (χ1v) is 6.57. The fraction of sp³-hybridized carbons (Fsp3) is 0.0588. The molecule has 0 aliphatic heterocycles. The van der Waals surface area contributed by atoms with Gasteiger partial charge in [0.15, 0.2) is 0 Å². The number of oxazole rings is 1. The zero-order valence-corrected chi connectivity index (χ0v) is 11.2. The second-order valence-corrected chi connectivity index (χ2v) is 4.63. The molecule has 4 heteroatoms. The van der Waals surface area contributed by atoms with Gasteiger partial charge in [0.2, 0.25) is 5.91 Å². The van der Waals surface area contributed by atoms with Crippen molar-refractivity contribution in [1.29, 1.82) is 0 Å². The lowest BCUT2D eigenvalue weighted by Gasteiger charge is -2.16. The monoisotopic (exact) mass is 279 g/mol. The summed E-state index contributed by atoms with van der Waals surface area (Å²) in [5.74, 6) is -1.54. The molecule has 0 spiro atoms. The third kappa shape index (κ3) is 2.56. The zero-order chi connectivity index (χ0) is 14.7. The summed E-state index contributed by atoms with van der Waals surface area (Å²) in [5, 5.41) is 0. The van der Waals surface area contributed by atoms with Crippen molar-refractivity contribution in [2.45, 2.75) is 5.92 Å². The predicted octanol–water partition coefficient (Wildman–Crippen LogP) is 2.91. The Morgan fingerprint density at radius 2 is 1.43 bits per heavy atom. The summed E-state index contributed by atoms with van der Waals surface area (Å²) < 4.78 is 5.70. The number of benzene rings is 2. The van der Waals surface area contributed by atoms with Gasteiger partial charge in [0.05, 0.1) is 12.1 Å². The Balaban J connectivity index is 2.12. The molecule has 0 fully saturated rings. The smallest absolute Gasteiger partial charge is 0.416 e. The first kappa shape index (κ1) is 13.1. The Morgan fingerprint density at radius 1 is 0.905 bits per heavy atom. The highest BCUT2D eigenvalue weighted by Gasteiger charge is 2.25. The van der Waals surface area contributed by atoms with Crippen molar-refractivity contribution in [2.75, 3.05) is 0 Å². The highest BCUT2D eigenvalue weighted by atomic mass is 16.4. The largest absolute Gasteiger partial charge is 0.425 e. The van der Waals surface area contributed by atoms with Crippen molar-refractivity contribution in [3.8, 4) is 0 Å². The molecule has 0 saturated carbocycles. The minimum atomic E-state index is -0.670. The minimum absolute atomic E-state index is 0.328. The van der Waals surface area contributed by atoms with E-state index in [0.717, 1.165) is 15.7 Å². The van der Waals surface area contributed by atoms with Crippen LogP contribution in [-0.4, -0.2) is 10.5 Å². The van der Waals surface area contributed by atoms with Gasteiger partial charge >= 0.3 is 5.76 Å². The summed E-state index contributed by atoms with van der Waals surface area (Å²) in [6, 6.07) is 18.8. The molecule has 0 radical (unpaired) electrons. The summed E-state index contributed by atoms with van der Waals surface area (Å²) in [7, 11) is 0. The maximum Gasteiger partial charge on any atom is 0.425 e. The quantitative estimate of drug-likeness (QED) is 0.740. The topological polar surface area (TPSA) is 52.2 Å². The van der Waals surface area contributed by atoms with Crippen LogP contribution in [-0.2, 0) is 0 Å². The molecule has 1 aromatic heterocycles. The minimum Gasteiger partial charge on any atom is -0.416 e. The van der Waals surface area contributed by atoms with Crippen LogP contribution in [0.2, 0.25) is 0 Å². The number of hydrogen-bond donors (Lipinski definition) is 0. The normalized spacial score (nSPS) is 10.7. The molecule has 1 heterocycles. The number of carbonyl (C=O) groups is 1. The molecular formula is C17H13NO3. The van der Waals surface area contributed by atoms with Crippen molar-refractivity contribution in [2.24, 2.45) is 0 Å². The standard InChI is InChI=1S/C17H13NO3/c19-16(18-11-12-21-17(18)20)15(13-7-3-1-4-8-13)14-9-5-2-6-10-14/h1-12,15H. The maximum atomic E-state index is 12.7. The van der Waals surface area contributed by atoms with E-state index in [2.05, 4.69) is 0 Å². The van der Waals surface area contributed by atoms with Gasteiger partial charge in [-0.15, -0.1) is 0 Å². The van der Waals surface area contributed by atoms with Gasteiger partial charge in [0.1, 0.15) is 6.26 Å². The molecule has 0 aliphatic carbocycles. The van der Waals surface area contributed by atoms with Crippen LogP contribution in [0.3, 0.4) is 0 Å². The van der Waals surface area contributed by atoms with Gasteiger partial charge in [-0.2, -0.15) is 0 Å². The van der Waals surface area contributed by atoms with Crippen LogP contribution in [0.25, 0.3) is 0 Å². The summed E-state index contributed by atoms with van der Waals surface area (Å²) in [6.45, 7) is 0. The van der Waals surface area contributed by atoms with E-state index >= 15 is 0 Å². The fourth-order valence-electron chi connectivity index (χ4n) is 2.34. The average molecular weight is 279 g/mol. The van der Waals surface area contributed by atoms with E-state index in [1.54, 1.807) is 0 Å². The molecular weight excluding hydrogens is 266 g/mol. The van der Waals surface area contributed by atoms with Crippen molar-refractivity contribution >= 4 is 5.91 Å². The number of aromatic nitrogens is 1. The highest BCUT2D eigenvalue weighted by Crippen LogP contribution is 2.25. The Morgan fingerprint density at radius 3 is 1.86 bits per heavy atom. The first-order valence-electron chi connectivity index (χ1n) is 6.57. The van der Waals surface area contributed by atoms with Crippen LogP contribution in [0.5, 0.6) is 0 Å². The summed E-state index contributed by atoms with van der Waals surface area (Å²) in [5.41, 5.74) is 1.67. The van der Waals surface area contributed by atoms with Crippen molar-refractivity contribution in [3.63, 3.8) is 0 Å². The van der Waals surface area contributed by atoms with Crippen LogP contribution >= 0.6 is 0 Å². The summed E-state index contributed by atoms with van der Waals surface area (Å²) >= 11 is 0. The van der Waals surface area contributed by atoms with Crippen molar-refractivity contribution in [3.05, 3.63) is 94.8 Å². The Kier molecular flexibility index (Phi) is 3.51. The molecule has 3 aromatic rings. The number of rotatable bonds is 3. The maximum absolute atomic E-state index is 12.7.